The van der Waals surface area contributed by atoms with Gasteiger partial charge < -0.3 is 0 Å². The lowest BCUT2D eigenvalue weighted by atomic mass is 10.3. The Kier molecular flexibility index (Phi) is 6.41. The van der Waals surface area contributed by atoms with Crippen LogP contribution in [-0.4, -0.2) is 15.3 Å². The highest BCUT2D eigenvalue weighted by Crippen LogP contribution is 2.00. The second-order valence-electron chi connectivity index (χ2n) is 2.39. The molecule has 3 heteroatoms. The Morgan fingerprint density at radius 2 is 2.25 bits per heavy atom. The van der Waals surface area contributed by atoms with Gasteiger partial charge in [0.1, 0.15) is 0 Å². The second-order valence-corrected chi connectivity index (χ2v) is 6.49. The van der Waals surface area contributed by atoms with Gasteiger partial charge in [0.25, 0.3) is 0 Å². The summed E-state index contributed by atoms with van der Waals surface area (Å²) in [5.74, 6) is 2.26. The highest BCUT2D eigenvalue weighted by Gasteiger charge is 1.91. The molecule has 0 aliphatic carbocycles. The van der Waals surface area contributed by atoms with Gasteiger partial charge in [-0.05, 0) is 19.1 Å². The van der Waals surface area contributed by atoms with Gasteiger partial charge in [-0.15, -0.1) is 0 Å². The van der Waals surface area contributed by atoms with Crippen molar-refractivity contribution in [3.63, 3.8) is 0 Å². The van der Waals surface area contributed by atoms with Crippen LogP contribution in [0, 0.1) is 5.92 Å². The molecule has 0 atom stereocenters. The zero-order valence-electron chi connectivity index (χ0n) is 5.55. The van der Waals surface area contributed by atoms with E-state index in [1.54, 1.807) is 0 Å². The molecule has 0 nitrogen and oxygen atoms in total. The van der Waals surface area contributed by atoms with E-state index in [0.717, 1.165) is 5.92 Å². The molecule has 0 aliphatic rings. The maximum Gasteiger partial charge on any atom is 0.0309 e. The SMILES string of the molecule is CC(C)C[SiH2]CP=S. The quantitative estimate of drug-likeness (QED) is 0.345. The Morgan fingerprint density at radius 3 is 2.62 bits per heavy atom. The van der Waals surface area contributed by atoms with E-state index in [0.29, 0.717) is 0 Å². The predicted octanol–water partition coefficient (Wildman–Crippen LogP) is 1.60. The van der Waals surface area contributed by atoms with E-state index in [2.05, 4.69) is 13.8 Å². The molecule has 0 aliphatic heterocycles. The molecule has 48 valence electrons. The van der Waals surface area contributed by atoms with Gasteiger partial charge in [-0.2, -0.15) is 0 Å². The van der Waals surface area contributed by atoms with Crippen molar-refractivity contribution in [2.24, 2.45) is 5.92 Å². The van der Waals surface area contributed by atoms with Gasteiger partial charge in [-0.1, -0.05) is 31.7 Å². The first-order valence-corrected chi connectivity index (χ1v) is 7.15. The van der Waals surface area contributed by atoms with E-state index in [4.69, 9.17) is 11.8 Å². The van der Waals surface area contributed by atoms with Gasteiger partial charge >= 0.3 is 0 Å². The van der Waals surface area contributed by atoms with Crippen LogP contribution in [0.25, 0.3) is 0 Å². The van der Waals surface area contributed by atoms with Crippen LogP contribution < -0.4 is 0 Å². The molecule has 8 heavy (non-hydrogen) atoms. The summed E-state index contributed by atoms with van der Waals surface area (Å²) in [7, 11) is 1.44. The first-order chi connectivity index (χ1) is 3.77. The van der Waals surface area contributed by atoms with Gasteiger partial charge in [0.2, 0.25) is 0 Å². The van der Waals surface area contributed by atoms with E-state index < -0.39 is 0 Å². The maximum absolute atomic E-state index is 4.81. The van der Waals surface area contributed by atoms with Crippen LogP contribution in [0.15, 0.2) is 0 Å². The topological polar surface area (TPSA) is 0 Å². The molecule has 0 rings (SSSR count). The monoisotopic (exact) mass is 164 g/mol. The molecule has 0 radical (unpaired) electrons. The van der Waals surface area contributed by atoms with Crippen molar-refractivity contribution in [1.82, 2.24) is 0 Å². The van der Waals surface area contributed by atoms with Gasteiger partial charge in [0.05, 0.1) is 0 Å². The minimum Gasteiger partial charge on any atom is -0.0631 e. The molecule has 0 saturated carbocycles. The first-order valence-electron chi connectivity index (χ1n) is 3.06. The van der Waals surface area contributed by atoms with Crippen molar-refractivity contribution in [2.45, 2.75) is 19.9 Å². The van der Waals surface area contributed by atoms with Gasteiger partial charge in [-0.25, -0.2) is 0 Å². The van der Waals surface area contributed by atoms with Crippen molar-refractivity contribution < 1.29 is 0 Å². The molecule has 0 saturated heterocycles. The van der Waals surface area contributed by atoms with E-state index in [1.807, 2.05) is 0 Å². The van der Waals surface area contributed by atoms with Crippen LogP contribution in [-0.2, 0) is 11.8 Å². The number of rotatable bonds is 4. The Labute approximate surface area is 60.7 Å². The third kappa shape index (κ3) is 6.74. The molecule has 0 bridgehead atoms. The summed E-state index contributed by atoms with van der Waals surface area (Å²) in [6.45, 7) is 4.57. The van der Waals surface area contributed by atoms with Crippen LogP contribution in [0.4, 0.5) is 0 Å². The largest absolute Gasteiger partial charge is 0.0631 e. The van der Waals surface area contributed by atoms with Crippen molar-refractivity contribution in [3.8, 4) is 0 Å². The fourth-order valence-electron chi connectivity index (χ4n) is 0.564. The third-order valence-corrected chi connectivity index (χ3v) is 6.23. The third-order valence-electron chi connectivity index (χ3n) is 1.03. The highest BCUT2D eigenvalue weighted by atomic mass is 32.4. The molecule has 0 aromatic rings. The normalized spacial score (nSPS) is 12.4. The summed E-state index contributed by atoms with van der Waals surface area (Å²) in [5, 5.41) is 0. The molecule has 0 unspecified atom stereocenters. The van der Waals surface area contributed by atoms with E-state index in [-0.39, 0.29) is 9.52 Å². The van der Waals surface area contributed by atoms with Crippen LogP contribution in [0.5, 0.6) is 0 Å². The van der Waals surface area contributed by atoms with Crippen molar-refractivity contribution in [1.29, 1.82) is 0 Å². The zero-order chi connectivity index (χ0) is 6.41. The molecule has 0 amide bonds. The lowest BCUT2D eigenvalue weighted by Crippen LogP contribution is -1.96. The molecular formula is C5H13PSSi. The average molecular weight is 164 g/mol. The van der Waals surface area contributed by atoms with E-state index in [9.17, 15) is 0 Å². The Hall–Kier alpha value is 0.737. The number of hydrogen-bond acceptors (Lipinski definition) is 1. The van der Waals surface area contributed by atoms with Crippen molar-refractivity contribution in [2.75, 3.05) is 5.79 Å². The molecule has 0 fully saturated rings. The summed E-state index contributed by atoms with van der Waals surface area (Å²) >= 11 is 4.81. The van der Waals surface area contributed by atoms with E-state index in [1.165, 1.54) is 19.2 Å². The van der Waals surface area contributed by atoms with Gasteiger partial charge in [0, 0.05) is 9.52 Å². The van der Waals surface area contributed by atoms with Crippen LogP contribution in [0.1, 0.15) is 13.8 Å². The molecule has 0 heterocycles. The summed E-state index contributed by atoms with van der Waals surface area (Å²) in [6, 6.07) is 1.48. The smallest absolute Gasteiger partial charge is 0.0309 e. The Morgan fingerprint density at radius 1 is 1.62 bits per heavy atom. The molecular weight excluding hydrogens is 151 g/mol. The van der Waals surface area contributed by atoms with Crippen LogP contribution in [0.2, 0.25) is 6.04 Å². The number of hydrogen-bond donors (Lipinski definition) is 0. The van der Waals surface area contributed by atoms with Crippen molar-refractivity contribution in [3.05, 3.63) is 0 Å². The Bertz CT molecular complexity index is 65.4. The summed E-state index contributed by atoms with van der Waals surface area (Å²) in [5.41, 5.74) is 0. The zero-order valence-corrected chi connectivity index (χ0v) is 8.68. The lowest BCUT2D eigenvalue weighted by Gasteiger charge is -1.98. The predicted molar refractivity (Wildman–Crippen MR) is 47.3 cm³/mol. The molecule has 0 aromatic carbocycles. The molecule has 0 aromatic heterocycles. The van der Waals surface area contributed by atoms with Crippen LogP contribution in [0.3, 0.4) is 0 Å². The van der Waals surface area contributed by atoms with Crippen LogP contribution >= 0.6 is 7.36 Å². The summed E-state index contributed by atoms with van der Waals surface area (Å²) in [6.07, 6.45) is 0. The summed E-state index contributed by atoms with van der Waals surface area (Å²) < 4.78 is 0. The molecule has 0 spiro atoms. The van der Waals surface area contributed by atoms with Gasteiger partial charge in [0.15, 0.2) is 0 Å². The molecule has 0 N–H and O–H groups in total. The Balaban J connectivity index is 2.81. The highest BCUT2D eigenvalue weighted by molar-refractivity contribution is 7.97. The van der Waals surface area contributed by atoms with E-state index >= 15 is 0 Å². The minimum absolute atomic E-state index is 0.247. The maximum atomic E-state index is 4.81. The standard InChI is InChI=1S/C5H13PSSi/c1-5(2)3-8-4-6-7/h5H,3-4,8H2,1-2H3. The average Bonchev–Trinajstić information content (AvgIpc) is 1.66. The van der Waals surface area contributed by atoms with Crippen molar-refractivity contribution >= 4 is 28.7 Å². The summed E-state index contributed by atoms with van der Waals surface area (Å²) in [4.78, 5) is 0. The fraction of sp³-hybridized carbons (Fsp3) is 1.00. The van der Waals surface area contributed by atoms with Gasteiger partial charge in [-0.3, -0.25) is 0 Å². The first kappa shape index (κ1) is 8.74. The fourth-order valence-corrected chi connectivity index (χ4v) is 3.79. The second kappa shape index (κ2) is 5.87. The lowest BCUT2D eigenvalue weighted by molar-refractivity contribution is 0.731. The minimum atomic E-state index is 0.247.